The zero-order chi connectivity index (χ0) is 15.0. The summed E-state index contributed by atoms with van der Waals surface area (Å²) in [6.07, 6.45) is 1.50. The second-order valence-corrected chi connectivity index (χ2v) is 5.52. The standard InChI is InChI=1S/C13H23BN2O4/c1-6-9-7-16(14-15)8-10-11(9)20-13(3,18-5)12(2,17-4)19-10/h6,9-11,15H,1,7-8H2,2-5H3/t9-,10+,11+,12-,13-/m0/s1. The Morgan fingerprint density at radius 1 is 1.25 bits per heavy atom. The van der Waals surface area contributed by atoms with Gasteiger partial charge in [0.25, 0.3) is 0 Å². The molecule has 2 fully saturated rings. The van der Waals surface area contributed by atoms with E-state index in [0.717, 1.165) is 0 Å². The van der Waals surface area contributed by atoms with E-state index in [4.69, 9.17) is 24.3 Å². The van der Waals surface area contributed by atoms with Crippen molar-refractivity contribution in [3.8, 4) is 0 Å². The van der Waals surface area contributed by atoms with E-state index in [-0.39, 0.29) is 18.1 Å². The van der Waals surface area contributed by atoms with Gasteiger partial charge in [0, 0.05) is 0 Å². The number of nitrogens with zero attached hydrogens (tertiary/aromatic N) is 1. The zero-order valence-corrected chi connectivity index (χ0v) is 12.6. The van der Waals surface area contributed by atoms with E-state index in [9.17, 15) is 0 Å². The Morgan fingerprint density at radius 3 is 2.35 bits per heavy atom. The van der Waals surface area contributed by atoms with E-state index in [2.05, 4.69) is 6.58 Å². The first-order valence-corrected chi connectivity index (χ1v) is 6.76. The molecule has 20 heavy (non-hydrogen) atoms. The average molecular weight is 282 g/mol. The number of methoxy groups -OCH3 is 2. The molecular weight excluding hydrogens is 259 g/mol. The Balaban J connectivity index is 2.29. The molecule has 0 spiro atoms. The van der Waals surface area contributed by atoms with Crippen LogP contribution in [0.15, 0.2) is 12.7 Å². The SMILES string of the molecule is C=C[C@H]1CN(B=N)C[C@H]2O[C@](C)(OC)[C@@](C)(OC)O[C@H]12. The summed E-state index contributed by atoms with van der Waals surface area (Å²) in [5, 5.41) is 7.44. The normalized spacial score (nSPS) is 44.6. The maximum atomic E-state index is 7.44. The predicted octanol–water partition coefficient (Wildman–Crippen LogP) is 0.995. The first-order chi connectivity index (χ1) is 9.43. The minimum atomic E-state index is -1.00. The van der Waals surface area contributed by atoms with Gasteiger partial charge in [-0.1, -0.05) is 0 Å². The van der Waals surface area contributed by atoms with Gasteiger partial charge in [-0.25, -0.2) is 0 Å². The third-order valence-electron chi connectivity index (χ3n) is 4.47. The van der Waals surface area contributed by atoms with E-state index >= 15 is 0 Å². The Morgan fingerprint density at radius 2 is 1.85 bits per heavy atom. The summed E-state index contributed by atoms with van der Waals surface area (Å²) in [5.41, 5.74) is 0. The second kappa shape index (κ2) is 5.56. The summed E-state index contributed by atoms with van der Waals surface area (Å²) >= 11 is 0. The van der Waals surface area contributed by atoms with Gasteiger partial charge in [-0.2, -0.15) is 0 Å². The maximum absolute atomic E-state index is 7.44. The number of ether oxygens (including phenoxy) is 4. The molecule has 2 aliphatic rings. The molecule has 2 saturated heterocycles. The van der Waals surface area contributed by atoms with Gasteiger partial charge in [0.15, 0.2) is 0 Å². The van der Waals surface area contributed by atoms with Crippen LogP contribution in [0, 0.1) is 11.2 Å². The van der Waals surface area contributed by atoms with Crippen LogP contribution in [0.1, 0.15) is 13.8 Å². The number of rotatable bonds is 4. The molecule has 0 aromatic carbocycles. The van der Waals surface area contributed by atoms with Crippen molar-refractivity contribution in [2.45, 2.75) is 37.6 Å². The molecule has 0 amide bonds. The number of fused-ring (bicyclic) bond motifs is 1. The third kappa shape index (κ3) is 2.32. The van der Waals surface area contributed by atoms with Crippen molar-refractivity contribution >= 4 is 7.21 Å². The summed E-state index contributed by atoms with van der Waals surface area (Å²) < 4.78 is 23.3. The Labute approximate surface area is 120 Å². The molecule has 0 aliphatic carbocycles. The van der Waals surface area contributed by atoms with E-state index in [1.54, 1.807) is 21.1 Å². The molecule has 0 radical (unpaired) electrons. The molecule has 0 saturated carbocycles. The van der Waals surface area contributed by atoms with E-state index < -0.39 is 11.6 Å². The summed E-state index contributed by atoms with van der Waals surface area (Å²) in [6.45, 7) is 8.77. The molecule has 112 valence electrons. The van der Waals surface area contributed by atoms with Gasteiger partial charge in [-0.05, 0) is 0 Å². The van der Waals surface area contributed by atoms with Gasteiger partial charge in [0.1, 0.15) is 0 Å². The summed E-state index contributed by atoms with van der Waals surface area (Å²) in [5.74, 6) is -1.91. The van der Waals surface area contributed by atoms with Gasteiger partial charge in [-0.3, -0.25) is 0 Å². The van der Waals surface area contributed by atoms with Crippen LogP contribution in [0.3, 0.4) is 0 Å². The fourth-order valence-corrected chi connectivity index (χ4v) is 2.87. The number of piperidine rings is 1. The van der Waals surface area contributed by atoms with Crippen molar-refractivity contribution in [2.24, 2.45) is 5.92 Å². The summed E-state index contributed by atoms with van der Waals surface area (Å²) in [7, 11) is 4.48. The Kier molecular flexibility index (Phi) is 4.34. The monoisotopic (exact) mass is 282 g/mol. The van der Waals surface area contributed by atoms with Crippen molar-refractivity contribution in [2.75, 3.05) is 27.3 Å². The molecule has 2 aliphatic heterocycles. The van der Waals surface area contributed by atoms with E-state index in [1.807, 2.05) is 17.8 Å². The van der Waals surface area contributed by atoms with Crippen LogP contribution in [-0.4, -0.2) is 63.1 Å². The third-order valence-corrected chi connectivity index (χ3v) is 4.47. The van der Waals surface area contributed by atoms with E-state index in [1.165, 1.54) is 7.21 Å². The molecule has 1 N–H and O–H groups in total. The van der Waals surface area contributed by atoms with Gasteiger partial charge in [0.2, 0.25) is 0 Å². The van der Waals surface area contributed by atoms with Crippen LogP contribution in [0.2, 0.25) is 0 Å². The second-order valence-electron chi connectivity index (χ2n) is 5.52. The molecule has 6 nitrogen and oxygen atoms in total. The fraction of sp³-hybridized carbons (Fsp3) is 0.846. The Hall–Kier alpha value is -0.755. The van der Waals surface area contributed by atoms with Crippen molar-refractivity contribution in [1.29, 1.82) is 5.31 Å². The minimum absolute atomic E-state index is 0.0752. The first kappa shape index (κ1) is 15.6. The van der Waals surface area contributed by atoms with Crippen LogP contribution in [0.25, 0.3) is 0 Å². The first-order valence-electron chi connectivity index (χ1n) is 6.76. The van der Waals surface area contributed by atoms with Gasteiger partial charge < -0.3 is 0 Å². The molecule has 0 unspecified atom stereocenters. The van der Waals surface area contributed by atoms with E-state index in [0.29, 0.717) is 13.1 Å². The molecule has 2 heterocycles. The van der Waals surface area contributed by atoms with Gasteiger partial charge in [-0.15, -0.1) is 0 Å². The molecular formula is C13H23BN2O4. The molecule has 0 bridgehead atoms. The van der Waals surface area contributed by atoms with Crippen molar-refractivity contribution in [3.63, 3.8) is 0 Å². The number of nitrogens with one attached hydrogen (secondary N) is 1. The number of hydrogen-bond acceptors (Lipinski definition) is 5. The van der Waals surface area contributed by atoms with Crippen LogP contribution in [-0.2, 0) is 18.9 Å². The van der Waals surface area contributed by atoms with Crippen molar-refractivity contribution in [1.82, 2.24) is 4.81 Å². The van der Waals surface area contributed by atoms with Crippen LogP contribution < -0.4 is 0 Å². The number of hydrogen-bond donors (Lipinski definition) is 1. The molecule has 5 atom stereocenters. The Bertz CT molecular complexity index is 397. The van der Waals surface area contributed by atoms with Crippen LogP contribution in [0.4, 0.5) is 0 Å². The molecule has 2 rings (SSSR count). The van der Waals surface area contributed by atoms with Gasteiger partial charge in [0.05, 0.1) is 0 Å². The molecule has 0 aromatic rings. The molecule has 7 heteroatoms. The quantitative estimate of drug-likeness (QED) is 0.615. The molecule has 0 aromatic heterocycles. The average Bonchev–Trinajstić information content (AvgIpc) is 2.47. The van der Waals surface area contributed by atoms with Crippen molar-refractivity contribution in [3.05, 3.63) is 12.7 Å². The zero-order valence-electron chi connectivity index (χ0n) is 12.6. The topological polar surface area (TPSA) is 64.0 Å². The van der Waals surface area contributed by atoms with Gasteiger partial charge >= 0.3 is 120 Å². The summed E-state index contributed by atoms with van der Waals surface area (Å²) in [4.78, 5) is 1.89. The fourth-order valence-electron chi connectivity index (χ4n) is 2.87. The van der Waals surface area contributed by atoms with Crippen molar-refractivity contribution < 1.29 is 18.9 Å². The predicted molar refractivity (Wildman–Crippen MR) is 74.3 cm³/mol. The summed E-state index contributed by atoms with van der Waals surface area (Å²) in [6, 6.07) is 0. The van der Waals surface area contributed by atoms with Crippen LogP contribution >= 0.6 is 0 Å². The van der Waals surface area contributed by atoms with Crippen LogP contribution in [0.5, 0.6) is 0 Å².